The van der Waals surface area contributed by atoms with Crippen LogP contribution in [0, 0.1) is 0 Å². The van der Waals surface area contributed by atoms with E-state index in [-0.39, 0.29) is 18.0 Å². The Bertz CT molecular complexity index is 232. The molecule has 1 aliphatic heterocycles. The van der Waals surface area contributed by atoms with Gasteiger partial charge in [0.1, 0.15) is 0 Å². The summed E-state index contributed by atoms with van der Waals surface area (Å²) in [6, 6.07) is -0.0289. The van der Waals surface area contributed by atoms with E-state index in [0.29, 0.717) is 0 Å². The lowest BCUT2D eigenvalue weighted by molar-refractivity contribution is -0.134. The minimum atomic E-state index is -0.309. The second kappa shape index (κ2) is 6.21. The lowest BCUT2D eigenvalue weighted by Gasteiger charge is -2.30. The Morgan fingerprint density at radius 2 is 2.19 bits per heavy atom. The molecule has 1 aliphatic rings. The van der Waals surface area contributed by atoms with E-state index < -0.39 is 0 Å². The van der Waals surface area contributed by atoms with Gasteiger partial charge >= 0.3 is 0 Å². The summed E-state index contributed by atoms with van der Waals surface area (Å²) < 4.78 is 0. The minimum Gasteiger partial charge on any atom is -0.337 e. The Kier molecular flexibility index (Phi) is 5.22. The summed E-state index contributed by atoms with van der Waals surface area (Å²) >= 11 is 0. The number of carbonyl (C=O) groups excluding carboxylic acids is 1. The Morgan fingerprint density at radius 3 is 2.81 bits per heavy atom. The largest absolute Gasteiger partial charge is 0.337 e. The Hall–Kier alpha value is -0.610. The lowest BCUT2D eigenvalue weighted by atomic mass is 10.1. The number of likely N-dealkylation sites (N-methyl/N-ethyl adjacent to an activating group) is 1. The van der Waals surface area contributed by atoms with Crippen molar-refractivity contribution in [3.8, 4) is 0 Å². The molecule has 0 spiro atoms. The van der Waals surface area contributed by atoms with Gasteiger partial charge < -0.3 is 15.5 Å². The molecule has 1 heterocycles. The second-order valence-corrected chi connectivity index (χ2v) is 4.89. The van der Waals surface area contributed by atoms with E-state index in [4.69, 9.17) is 5.73 Å². The normalized spacial score (nSPS) is 25.2. The van der Waals surface area contributed by atoms with E-state index in [0.717, 1.165) is 38.9 Å². The first-order valence-electron chi connectivity index (χ1n) is 6.30. The third-order valence-corrected chi connectivity index (χ3v) is 3.25. The monoisotopic (exact) mass is 227 g/mol. The van der Waals surface area contributed by atoms with Crippen LogP contribution in [0.15, 0.2) is 0 Å². The highest BCUT2D eigenvalue weighted by atomic mass is 16.2. The predicted molar refractivity (Wildman–Crippen MR) is 66.2 cm³/mol. The molecule has 0 bridgehead atoms. The van der Waals surface area contributed by atoms with Crippen LogP contribution in [0.4, 0.5) is 0 Å². The molecule has 1 rings (SSSR count). The number of nitrogens with two attached hydrogens (primary N) is 1. The van der Waals surface area contributed by atoms with Crippen LogP contribution < -0.4 is 5.73 Å². The fourth-order valence-corrected chi connectivity index (χ4v) is 2.35. The zero-order chi connectivity index (χ0) is 12.1. The van der Waals surface area contributed by atoms with Crippen LogP contribution in [0.1, 0.15) is 33.1 Å². The van der Waals surface area contributed by atoms with Gasteiger partial charge in [-0.2, -0.15) is 0 Å². The molecule has 1 saturated heterocycles. The van der Waals surface area contributed by atoms with E-state index in [1.165, 1.54) is 0 Å². The van der Waals surface area contributed by atoms with Crippen molar-refractivity contribution in [2.24, 2.45) is 5.73 Å². The topological polar surface area (TPSA) is 49.6 Å². The molecule has 2 N–H and O–H groups in total. The number of hydrogen-bond donors (Lipinski definition) is 1. The summed E-state index contributed by atoms with van der Waals surface area (Å²) in [6.07, 6.45) is 2.80. The lowest BCUT2D eigenvalue weighted by Crippen LogP contribution is -2.49. The molecular weight excluding hydrogens is 202 g/mol. The van der Waals surface area contributed by atoms with Crippen LogP contribution in [0.25, 0.3) is 0 Å². The van der Waals surface area contributed by atoms with E-state index in [1.54, 1.807) is 0 Å². The average molecular weight is 227 g/mol. The van der Waals surface area contributed by atoms with Crippen LogP contribution in [0.3, 0.4) is 0 Å². The van der Waals surface area contributed by atoms with Crippen molar-refractivity contribution < 1.29 is 4.79 Å². The third kappa shape index (κ3) is 3.46. The second-order valence-electron chi connectivity index (χ2n) is 4.89. The summed E-state index contributed by atoms with van der Waals surface area (Å²) in [5.74, 6) is 0.129. The van der Waals surface area contributed by atoms with Crippen molar-refractivity contribution in [1.29, 1.82) is 0 Å². The Balaban J connectivity index is 2.59. The zero-order valence-corrected chi connectivity index (χ0v) is 10.8. The van der Waals surface area contributed by atoms with Crippen molar-refractivity contribution in [3.63, 3.8) is 0 Å². The molecule has 4 heteroatoms. The van der Waals surface area contributed by atoms with Crippen molar-refractivity contribution in [3.05, 3.63) is 0 Å². The number of carbonyl (C=O) groups is 1. The van der Waals surface area contributed by atoms with Gasteiger partial charge in [-0.25, -0.2) is 0 Å². The summed E-state index contributed by atoms with van der Waals surface area (Å²) in [5.41, 5.74) is 5.90. The molecule has 94 valence electrons. The van der Waals surface area contributed by atoms with Gasteiger partial charge in [0, 0.05) is 19.1 Å². The highest BCUT2D eigenvalue weighted by Crippen LogP contribution is 2.11. The summed E-state index contributed by atoms with van der Waals surface area (Å²) in [6.45, 7) is 7.04. The van der Waals surface area contributed by atoms with Crippen LogP contribution in [-0.4, -0.2) is 54.5 Å². The summed E-state index contributed by atoms with van der Waals surface area (Å²) in [5, 5.41) is 0. The first-order chi connectivity index (χ1) is 7.56. The summed E-state index contributed by atoms with van der Waals surface area (Å²) in [4.78, 5) is 16.4. The fraction of sp³-hybridized carbons (Fsp3) is 0.917. The van der Waals surface area contributed by atoms with Gasteiger partial charge in [-0.05, 0) is 33.4 Å². The maximum Gasteiger partial charge on any atom is 0.239 e. The molecule has 4 nitrogen and oxygen atoms in total. The maximum atomic E-state index is 12.1. The number of rotatable bonds is 3. The quantitative estimate of drug-likeness (QED) is 0.771. The molecule has 0 radical (unpaired) electrons. The SMILES string of the molecule is CCC[C@@H](N)C(=O)N1CCCN(C)CC1C. The molecule has 1 amide bonds. The Morgan fingerprint density at radius 1 is 1.50 bits per heavy atom. The molecule has 1 fully saturated rings. The molecule has 0 saturated carbocycles. The Labute approximate surface area is 98.8 Å². The fourth-order valence-electron chi connectivity index (χ4n) is 2.35. The van der Waals surface area contributed by atoms with E-state index in [9.17, 15) is 4.79 Å². The molecule has 0 aromatic carbocycles. The average Bonchev–Trinajstić information content (AvgIpc) is 2.38. The van der Waals surface area contributed by atoms with Gasteiger partial charge in [-0.3, -0.25) is 4.79 Å². The van der Waals surface area contributed by atoms with E-state index in [2.05, 4.69) is 25.8 Å². The van der Waals surface area contributed by atoms with E-state index in [1.807, 2.05) is 4.90 Å². The molecule has 0 aromatic heterocycles. The van der Waals surface area contributed by atoms with Crippen LogP contribution in [0.2, 0.25) is 0 Å². The third-order valence-electron chi connectivity index (χ3n) is 3.25. The first-order valence-corrected chi connectivity index (χ1v) is 6.30. The van der Waals surface area contributed by atoms with Crippen LogP contribution in [-0.2, 0) is 4.79 Å². The highest BCUT2D eigenvalue weighted by molar-refractivity contribution is 5.81. The van der Waals surface area contributed by atoms with Gasteiger partial charge in [0.05, 0.1) is 6.04 Å². The molecule has 0 aliphatic carbocycles. The van der Waals surface area contributed by atoms with Gasteiger partial charge in [0.2, 0.25) is 5.91 Å². The predicted octanol–water partition coefficient (Wildman–Crippen LogP) is 0.666. The molecule has 16 heavy (non-hydrogen) atoms. The first kappa shape index (κ1) is 13.5. The molecular formula is C12H25N3O. The number of hydrogen-bond acceptors (Lipinski definition) is 3. The number of nitrogens with zero attached hydrogens (tertiary/aromatic N) is 2. The van der Waals surface area contributed by atoms with Crippen molar-refractivity contribution in [1.82, 2.24) is 9.80 Å². The van der Waals surface area contributed by atoms with Gasteiger partial charge in [0.25, 0.3) is 0 Å². The van der Waals surface area contributed by atoms with Crippen molar-refractivity contribution >= 4 is 5.91 Å². The van der Waals surface area contributed by atoms with Crippen molar-refractivity contribution in [2.45, 2.75) is 45.2 Å². The molecule has 0 aromatic rings. The van der Waals surface area contributed by atoms with Crippen LogP contribution in [0.5, 0.6) is 0 Å². The molecule has 1 unspecified atom stereocenters. The van der Waals surface area contributed by atoms with Crippen molar-refractivity contribution in [2.75, 3.05) is 26.7 Å². The van der Waals surface area contributed by atoms with Crippen LogP contribution >= 0.6 is 0 Å². The smallest absolute Gasteiger partial charge is 0.239 e. The zero-order valence-electron chi connectivity index (χ0n) is 10.8. The van der Waals surface area contributed by atoms with E-state index >= 15 is 0 Å². The van der Waals surface area contributed by atoms with Gasteiger partial charge in [-0.15, -0.1) is 0 Å². The minimum absolute atomic E-state index is 0.129. The standard InChI is InChI=1S/C12H25N3O/c1-4-6-11(13)12(16)15-8-5-7-14(3)9-10(15)2/h10-11H,4-9,13H2,1-3H3/t10?,11-/m1/s1. The highest BCUT2D eigenvalue weighted by Gasteiger charge is 2.27. The summed E-state index contributed by atoms with van der Waals surface area (Å²) in [7, 11) is 2.11. The van der Waals surface area contributed by atoms with Gasteiger partial charge in [0.15, 0.2) is 0 Å². The molecule has 2 atom stereocenters. The van der Waals surface area contributed by atoms with Gasteiger partial charge in [-0.1, -0.05) is 13.3 Å². The number of amides is 1. The maximum absolute atomic E-state index is 12.1.